The molecule has 0 saturated heterocycles. The minimum absolute atomic E-state index is 0.000347. The molecule has 7 nitrogen and oxygen atoms in total. The van der Waals surface area contributed by atoms with E-state index in [4.69, 9.17) is 0 Å². The molecule has 3 aliphatic rings. The van der Waals surface area contributed by atoms with Gasteiger partial charge >= 0.3 is 0 Å². The highest BCUT2D eigenvalue weighted by molar-refractivity contribution is 6.12. The molecule has 0 bridgehead atoms. The Hall–Kier alpha value is -3.22. The second-order valence-corrected chi connectivity index (χ2v) is 8.13. The maximum absolute atomic E-state index is 13.2. The molecule has 3 heterocycles. The number of fused-ring (bicyclic) bond motifs is 2. The van der Waals surface area contributed by atoms with Gasteiger partial charge in [0.2, 0.25) is 5.91 Å². The molecule has 7 heteroatoms. The molecule has 3 amide bonds. The molecule has 0 aliphatic carbocycles. The number of amidine groups is 1. The van der Waals surface area contributed by atoms with Crippen LogP contribution in [0.15, 0.2) is 47.1 Å². The summed E-state index contributed by atoms with van der Waals surface area (Å²) in [6.45, 7) is 7.24. The summed E-state index contributed by atoms with van der Waals surface area (Å²) in [5, 5.41) is 2.96. The molecule has 1 N–H and O–H groups in total. The fraction of sp³-hybridized carbons (Fsp3) is 0.364. The van der Waals surface area contributed by atoms with Crippen LogP contribution in [0.5, 0.6) is 0 Å². The van der Waals surface area contributed by atoms with Gasteiger partial charge in [0, 0.05) is 30.5 Å². The van der Waals surface area contributed by atoms with E-state index in [1.807, 2.05) is 32.1 Å². The summed E-state index contributed by atoms with van der Waals surface area (Å²) in [4.78, 5) is 45.0. The van der Waals surface area contributed by atoms with Crippen LogP contribution < -0.4 is 10.2 Å². The number of hydrogen-bond donors (Lipinski definition) is 1. The summed E-state index contributed by atoms with van der Waals surface area (Å²) in [6.07, 6.45) is 6.24. The fourth-order valence-corrected chi connectivity index (χ4v) is 4.28. The third-order valence-electron chi connectivity index (χ3n) is 5.74. The fourth-order valence-electron chi connectivity index (χ4n) is 4.28. The molecule has 0 fully saturated rings. The minimum atomic E-state index is -1.07. The van der Waals surface area contributed by atoms with Crippen LogP contribution in [0.25, 0.3) is 0 Å². The molecule has 1 aromatic rings. The monoisotopic (exact) mass is 392 g/mol. The average Bonchev–Trinajstić information content (AvgIpc) is 2.96. The van der Waals surface area contributed by atoms with Gasteiger partial charge in [-0.15, -0.1) is 0 Å². The van der Waals surface area contributed by atoms with Crippen LogP contribution in [0.3, 0.4) is 0 Å². The molecule has 29 heavy (non-hydrogen) atoms. The molecule has 150 valence electrons. The molecule has 0 unspecified atom stereocenters. The topological polar surface area (TPSA) is 82.1 Å². The van der Waals surface area contributed by atoms with Gasteiger partial charge in [-0.3, -0.25) is 14.4 Å². The zero-order valence-corrected chi connectivity index (χ0v) is 17.0. The van der Waals surface area contributed by atoms with Crippen LogP contribution >= 0.6 is 0 Å². The Morgan fingerprint density at radius 1 is 1.31 bits per heavy atom. The van der Waals surface area contributed by atoms with Crippen LogP contribution in [0.2, 0.25) is 0 Å². The highest BCUT2D eigenvalue weighted by Gasteiger charge is 2.45. The van der Waals surface area contributed by atoms with Crippen LogP contribution in [0.4, 0.5) is 11.4 Å². The van der Waals surface area contributed by atoms with Crippen molar-refractivity contribution in [3.63, 3.8) is 0 Å². The Morgan fingerprint density at radius 3 is 2.79 bits per heavy atom. The summed E-state index contributed by atoms with van der Waals surface area (Å²) in [6, 6.07) is 5.66. The van der Waals surface area contributed by atoms with Gasteiger partial charge in [0.15, 0.2) is 0 Å². The lowest BCUT2D eigenvalue weighted by atomic mass is 9.90. The van der Waals surface area contributed by atoms with Crippen molar-refractivity contribution in [3.8, 4) is 0 Å². The lowest BCUT2D eigenvalue weighted by Gasteiger charge is -2.42. The Bertz CT molecular complexity index is 1020. The first-order valence-electron chi connectivity index (χ1n) is 9.70. The third-order valence-corrected chi connectivity index (χ3v) is 5.74. The van der Waals surface area contributed by atoms with Crippen molar-refractivity contribution in [2.75, 3.05) is 10.2 Å². The molecule has 0 radical (unpaired) electrons. The number of nitrogens with one attached hydrogen (secondary N) is 1. The Morgan fingerprint density at radius 2 is 2.07 bits per heavy atom. The van der Waals surface area contributed by atoms with Gasteiger partial charge in [0.1, 0.15) is 11.4 Å². The third kappa shape index (κ3) is 3.16. The normalized spacial score (nSPS) is 25.2. The van der Waals surface area contributed by atoms with Crippen molar-refractivity contribution < 1.29 is 14.4 Å². The van der Waals surface area contributed by atoms with Crippen molar-refractivity contribution in [2.45, 2.75) is 52.1 Å². The van der Waals surface area contributed by atoms with Crippen molar-refractivity contribution in [1.82, 2.24) is 4.90 Å². The molecule has 4 rings (SSSR count). The standard InChI is InChI=1S/C22H24N4O3/c1-13-7-8-25-19(9-13)24-20(28)12-22(25,4)21(29)23-17-5-6-18-16(11-17)10-14(2)26(18)15(3)27/h5-9,11,14H,10,12H2,1-4H3,(H,23,29)/t14-,22-/m1/s1. The van der Waals surface area contributed by atoms with Gasteiger partial charge in [-0.25, -0.2) is 0 Å². The number of aliphatic imine (C=N–C) groups is 1. The van der Waals surface area contributed by atoms with Crippen molar-refractivity contribution >= 4 is 34.9 Å². The average molecular weight is 392 g/mol. The van der Waals surface area contributed by atoms with E-state index in [-0.39, 0.29) is 30.2 Å². The maximum Gasteiger partial charge on any atom is 0.250 e. The van der Waals surface area contributed by atoms with Crippen LogP contribution in [-0.2, 0) is 20.8 Å². The zero-order chi connectivity index (χ0) is 20.9. The Balaban J connectivity index is 1.60. The molecule has 3 aliphatic heterocycles. The number of rotatable bonds is 2. The first kappa shape index (κ1) is 19.1. The SMILES string of the molecule is CC(=O)N1c2ccc(NC(=O)[C@@]3(C)CC(=O)N=C4C=C(C)C=CN43)cc2C[C@H]1C. The van der Waals surface area contributed by atoms with E-state index in [1.54, 1.807) is 42.0 Å². The number of allylic oxidation sites excluding steroid dienone is 2. The van der Waals surface area contributed by atoms with E-state index < -0.39 is 5.54 Å². The minimum Gasteiger partial charge on any atom is -0.324 e. The van der Waals surface area contributed by atoms with Gasteiger partial charge in [-0.2, -0.15) is 4.99 Å². The van der Waals surface area contributed by atoms with Crippen LogP contribution in [-0.4, -0.2) is 40.0 Å². The van der Waals surface area contributed by atoms with E-state index in [1.165, 1.54) is 0 Å². The number of carbonyl (C=O) groups excluding carboxylic acids is 3. The molecule has 0 saturated carbocycles. The molecule has 2 atom stereocenters. The molecular formula is C22H24N4O3. The highest BCUT2D eigenvalue weighted by Crippen LogP contribution is 2.35. The predicted molar refractivity (Wildman–Crippen MR) is 112 cm³/mol. The maximum atomic E-state index is 13.2. The summed E-state index contributed by atoms with van der Waals surface area (Å²) in [5.41, 5.74) is 2.46. The van der Waals surface area contributed by atoms with E-state index in [0.717, 1.165) is 23.2 Å². The zero-order valence-electron chi connectivity index (χ0n) is 17.0. The molecule has 0 aromatic heterocycles. The van der Waals surface area contributed by atoms with Crippen LogP contribution in [0, 0.1) is 0 Å². The summed E-state index contributed by atoms with van der Waals surface area (Å²) < 4.78 is 0. The van der Waals surface area contributed by atoms with E-state index in [2.05, 4.69) is 10.3 Å². The van der Waals surface area contributed by atoms with E-state index >= 15 is 0 Å². The first-order chi connectivity index (χ1) is 13.7. The lowest BCUT2D eigenvalue weighted by Crippen LogP contribution is -2.58. The van der Waals surface area contributed by atoms with Crippen molar-refractivity contribution in [2.24, 2.45) is 4.99 Å². The lowest BCUT2D eigenvalue weighted by molar-refractivity contribution is -0.130. The molecule has 0 spiro atoms. The Labute approximate surface area is 169 Å². The largest absolute Gasteiger partial charge is 0.324 e. The van der Waals surface area contributed by atoms with Gasteiger partial charge in [0.25, 0.3) is 11.8 Å². The number of hydrogen-bond acceptors (Lipinski definition) is 4. The van der Waals surface area contributed by atoms with Gasteiger partial charge in [-0.05, 0) is 68.7 Å². The van der Waals surface area contributed by atoms with Crippen molar-refractivity contribution in [3.05, 3.63) is 47.7 Å². The summed E-state index contributed by atoms with van der Waals surface area (Å²) in [5.74, 6) is -0.0921. The highest BCUT2D eigenvalue weighted by atomic mass is 16.2. The van der Waals surface area contributed by atoms with Crippen molar-refractivity contribution in [1.29, 1.82) is 0 Å². The van der Waals surface area contributed by atoms with E-state index in [9.17, 15) is 14.4 Å². The van der Waals surface area contributed by atoms with E-state index in [0.29, 0.717) is 11.5 Å². The van der Waals surface area contributed by atoms with Gasteiger partial charge in [0.05, 0.1) is 6.42 Å². The second-order valence-electron chi connectivity index (χ2n) is 8.13. The molecular weight excluding hydrogens is 368 g/mol. The first-order valence-corrected chi connectivity index (χ1v) is 9.70. The number of amides is 3. The molecule has 1 aromatic carbocycles. The number of benzene rings is 1. The van der Waals surface area contributed by atoms with Crippen LogP contribution in [0.1, 0.15) is 39.7 Å². The number of nitrogens with zero attached hydrogens (tertiary/aromatic N) is 3. The quantitative estimate of drug-likeness (QED) is 0.839. The summed E-state index contributed by atoms with van der Waals surface area (Å²) in [7, 11) is 0. The predicted octanol–water partition coefficient (Wildman–Crippen LogP) is 2.79. The number of carbonyl (C=O) groups is 3. The second kappa shape index (κ2) is 6.69. The van der Waals surface area contributed by atoms with Gasteiger partial charge < -0.3 is 15.1 Å². The summed E-state index contributed by atoms with van der Waals surface area (Å²) >= 11 is 0. The Kier molecular flexibility index (Phi) is 4.41. The smallest absolute Gasteiger partial charge is 0.250 e. The van der Waals surface area contributed by atoms with Gasteiger partial charge in [-0.1, -0.05) is 0 Å². The number of anilines is 2.